The van der Waals surface area contributed by atoms with Gasteiger partial charge in [-0.25, -0.2) is 4.39 Å². The molecule has 2 aliphatic heterocycles. The van der Waals surface area contributed by atoms with E-state index in [0.717, 1.165) is 38.8 Å². The van der Waals surface area contributed by atoms with Crippen molar-refractivity contribution in [1.29, 1.82) is 0 Å². The molecule has 3 fully saturated rings. The molecule has 1 saturated carbocycles. The van der Waals surface area contributed by atoms with Crippen molar-refractivity contribution in [2.45, 2.75) is 57.2 Å². The Kier molecular flexibility index (Phi) is 4.93. The fourth-order valence-electron chi connectivity index (χ4n) is 4.91. The van der Waals surface area contributed by atoms with Gasteiger partial charge in [0.2, 0.25) is 5.91 Å². The summed E-state index contributed by atoms with van der Waals surface area (Å²) in [5.74, 6) is -0.652. The lowest BCUT2D eigenvalue weighted by Crippen LogP contribution is -2.57. The second kappa shape index (κ2) is 7.23. The molecular formula is C21H27FN2O3. The zero-order valence-electron chi connectivity index (χ0n) is 15.8. The topological polar surface area (TPSA) is 49.9 Å². The van der Waals surface area contributed by atoms with Crippen molar-refractivity contribution in [1.82, 2.24) is 9.80 Å². The molecule has 1 aromatic rings. The number of rotatable bonds is 2. The van der Waals surface area contributed by atoms with Gasteiger partial charge >= 0.3 is 0 Å². The Morgan fingerprint density at radius 3 is 2.63 bits per heavy atom. The predicted molar refractivity (Wildman–Crippen MR) is 98.5 cm³/mol. The Hall–Kier alpha value is -1.95. The molecule has 2 saturated heterocycles. The van der Waals surface area contributed by atoms with Crippen molar-refractivity contribution < 1.29 is 18.7 Å². The third kappa shape index (κ3) is 3.24. The van der Waals surface area contributed by atoms with Gasteiger partial charge in [-0.1, -0.05) is 25.5 Å². The minimum absolute atomic E-state index is 0.0137. The van der Waals surface area contributed by atoms with E-state index in [9.17, 15) is 14.0 Å². The van der Waals surface area contributed by atoms with Gasteiger partial charge in [-0.3, -0.25) is 14.5 Å². The Bertz CT molecular complexity index is 734. The van der Waals surface area contributed by atoms with Crippen LogP contribution in [-0.2, 0) is 9.53 Å². The van der Waals surface area contributed by atoms with Crippen molar-refractivity contribution in [3.63, 3.8) is 0 Å². The number of benzene rings is 1. The summed E-state index contributed by atoms with van der Waals surface area (Å²) < 4.78 is 20.5. The highest BCUT2D eigenvalue weighted by Crippen LogP contribution is 2.44. The van der Waals surface area contributed by atoms with Crippen LogP contribution in [0.15, 0.2) is 24.3 Å². The molecular weight excluding hydrogens is 347 g/mol. The highest BCUT2D eigenvalue weighted by molar-refractivity contribution is 5.98. The van der Waals surface area contributed by atoms with Crippen LogP contribution >= 0.6 is 0 Å². The van der Waals surface area contributed by atoms with Crippen LogP contribution in [0, 0.1) is 11.7 Å². The quantitative estimate of drug-likeness (QED) is 0.799. The monoisotopic (exact) mass is 374 g/mol. The molecule has 0 bridgehead atoms. The van der Waals surface area contributed by atoms with Crippen molar-refractivity contribution in [3.05, 3.63) is 35.6 Å². The first-order valence-electron chi connectivity index (χ1n) is 10.0. The fraction of sp³-hybridized carbons (Fsp3) is 0.619. The summed E-state index contributed by atoms with van der Waals surface area (Å²) in [6.45, 7) is 3.79. The predicted octanol–water partition coefficient (Wildman–Crippen LogP) is 3.20. The number of halogens is 1. The number of hydrogen-bond acceptors (Lipinski definition) is 3. The van der Waals surface area contributed by atoms with Gasteiger partial charge in [0.25, 0.3) is 5.91 Å². The summed E-state index contributed by atoms with van der Waals surface area (Å²) in [7, 11) is 0. The van der Waals surface area contributed by atoms with Crippen molar-refractivity contribution in [2.24, 2.45) is 5.92 Å². The van der Waals surface area contributed by atoms with Crippen LogP contribution in [0.1, 0.15) is 55.8 Å². The lowest BCUT2D eigenvalue weighted by molar-refractivity contribution is -0.137. The summed E-state index contributed by atoms with van der Waals surface area (Å²) in [5.41, 5.74) is -0.781. The van der Waals surface area contributed by atoms with E-state index in [1.54, 1.807) is 17.0 Å². The van der Waals surface area contributed by atoms with Gasteiger partial charge in [0, 0.05) is 13.1 Å². The molecule has 1 aromatic carbocycles. The average Bonchev–Trinajstić information content (AvgIpc) is 3.30. The molecule has 0 aromatic heterocycles. The number of nitrogens with zero attached hydrogens (tertiary/aromatic N) is 2. The van der Waals surface area contributed by atoms with Crippen molar-refractivity contribution in [2.75, 3.05) is 19.7 Å². The van der Waals surface area contributed by atoms with Crippen LogP contribution in [0.4, 0.5) is 4.39 Å². The molecule has 2 amide bonds. The molecule has 146 valence electrons. The molecule has 0 radical (unpaired) electrons. The van der Waals surface area contributed by atoms with Gasteiger partial charge in [-0.05, 0) is 50.2 Å². The van der Waals surface area contributed by atoms with Gasteiger partial charge in [0.15, 0.2) is 0 Å². The fourth-order valence-corrected chi connectivity index (χ4v) is 4.91. The maximum atomic E-state index is 14.4. The van der Waals surface area contributed by atoms with Gasteiger partial charge in [-0.2, -0.15) is 0 Å². The van der Waals surface area contributed by atoms with Gasteiger partial charge < -0.3 is 9.64 Å². The van der Waals surface area contributed by atoms with Gasteiger partial charge in [0.05, 0.1) is 12.2 Å². The van der Waals surface area contributed by atoms with Crippen molar-refractivity contribution in [3.8, 4) is 0 Å². The molecule has 1 spiro atoms. The van der Waals surface area contributed by atoms with Crippen LogP contribution in [0.25, 0.3) is 0 Å². The van der Waals surface area contributed by atoms with Gasteiger partial charge in [0.1, 0.15) is 17.6 Å². The first kappa shape index (κ1) is 18.4. The Morgan fingerprint density at radius 1 is 1.19 bits per heavy atom. The third-order valence-electron chi connectivity index (χ3n) is 6.22. The van der Waals surface area contributed by atoms with E-state index in [1.807, 2.05) is 4.90 Å². The zero-order valence-corrected chi connectivity index (χ0v) is 15.8. The van der Waals surface area contributed by atoms with Crippen LogP contribution in [0.2, 0.25) is 0 Å². The zero-order chi connectivity index (χ0) is 19.0. The lowest BCUT2D eigenvalue weighted by atomic mass is 9.83. The number of ether oxygens (including phenoxy) is 1. The lowest BCUT2D eigenvalue weighted by Gasteiger charge is -2.43. The minimum Gasteiger partial charge on any atom is -0.353 e. The molecule has 4 rings (SSSR count). The average molecular weight is 374 g/mol. The van der Waals surface area contributed by atoms with E-state index in [1.165, 1.54) is 12.1 Å². The number of hydrogen-bond donors (Lipinski definition) is 0. The Morgan fingerprint density at radius 2 is 1.93 bits per heavy atom. The molecule has 6 heteroatoms. The van der Waals surface area contributed by atoms with E-state index in [-0.39, 0.29) is 18.1 Å². The number of likely N-dealkylation sites (tertiary alicyclic amines) is 1. The maximum absolute atomic E-state index is 14.4. The summed E-state index contributed by atoms with van der Waals surface area (Å²) in [4.78, 5) is 30.0. The third-order valence-corrected chi connectivity index (χ3v) is 6.22. The normalized spacial score (nSPS) is 30.9. The maximum Gasteiger partial charge on any atom is 0.259 e. The molecule has 27 heavy (non-hydrogen) atoms. The second-order valence-corrected chi connectivity index (χ2v) is 8.16. The molecule has 3 aliphatic rings. The molecule has 5 nitrogen and oxygen atoms in total. The molecule has 3 atom stereocenters. The van der Waals surface area contributed by atoms with Gasteiger partial charge in [-0.15, -0.1) is 0 Å². The minimum atomic E-state index is -0.795. The van der Waals surface area contributed by atoms with E-state index in [2.05, 4.69) is 6.92 Å². The summed E-state index contributed by atoms with van der Waals surface area (Å²) >= 11 is 0. The highest BCUT2D eigenvalue weighted by Gasteiger charge is 2.55. The Labute approximate surface area is 159 Å². The van der Waals surface area contributed by atoms with E-state index in [0.29, 0.717) is 18.8 Å². The highest BCUT2D eigenvalue weighted by atomic mass is 19.1. The SMILES string of the molecule is C[C@H]1CCC[C@]2(C1)OC[C@@H](C(=O)N1CCCC1)N2C(=O)c1ccccc1F. The van der Waals surface area contributed by atoms with E-state index in [4.69, 9.17) is 4.74 Å². The molecule has 2 heterocycles. The van der Waals surface area contributed by atoms with Crippen molar-refractivity contribution >= 4 is 11.8 Å². The first-order chi connectivity index (χ1) is 13.0. The van der Waals surface area contributed by atoms with Crippen LogP contribution in [0.3, 0.4) is 0 Å². The number of carbonyl (C=O) groups is 2. The first-order valence-corrected chi connectivity index (χ1v) is 10.0. The summed E-state index contributed by atoms with van der Waals surface area (Å²) in [6.07, 6.45) is 5.38. The summed E-state index contributed by atoms with van der Waals surface area (Å²) in [5, 5.41) is 0. The van der Waals surface area contributed by atoms with Crippen LogP contribution < -0.4 is 0 Å². The number of amides is 2. The second-order valence-electron chi connectivity index (χ2n) is 8.16. The molecule has 0 N–H and O–H groups in total. The molecule has 1 aliphatic carbocycles. The summed E-state index contributed by atoms with van der Waals surface area (Å²) in [6, 6.07) is 5.34. The van der Waals surface area contributed by atoms with E-state index >= 15 is 0 Å². The van der Waals surface area contributed by atoms with Crippen LogP contribution in [-0.4, -0.2) is 53.1 Å². The smallest absolute Gasteiger partial charge is 0.259 e. The Balaban J connectivity index is 1.70. The number of carbonyl (C=O) groups excluding carboxylic acids is 2. The van der Waals surface area contributed by atoms with Crippen LogP contribution in [0.5, 0.6) is 0 Å². The van der Waals surface area contributed by atoms with E-state index < -0.39 is 23.5 Å². The molecule has 0 unspecified atom stereocenters. The largest absolute Gasteiger partial charge is 0.353 e. The standard InChI is InChI=1S/C21H27FN2O3/c1-15-7-6-10-21(13-15)24(19(25)16-8-2-3-9-17(16)22)18(14-27-21)20(26)23-11-4-5-12-23/h2-3,8-9,15,18H,4-7,10-14H2,1H3/t15-,18-,21+/m0/s1.